The van der Waals surface area contributed by atoms with E-state index in [2.05, 4.69) is 10.6 Å². The molecule has 2 aromatic rings. The van der Waals surface area contributed by atoms with Gasteiger partial charge in [0.2, 0.25) is 0 Å². The van der Waals surface area contributed by atoms with Gasteiger partial charge >= 0.3 is 19.5 Å². The molecule has 2 fully saturated rings. The van der Waals surface area contributed by atoms with Crippen LogP contribution in [-0.2, 0) is 23.2 Å². The second kappa shape index (κ2) is 9.13. The molecule has 2 heterocycles. The summed E-state index contributed by atoms with van der Waals surface area (Å²) in [6.07, 6.45) is 2.85. The van der Waals surface area contributed by atoms with Crippen molar-refractivity contribution >= 4 is 24.8 Å². The highest BCUT2D eigenvalue weighted by atomic mass is 31.2. The van der Waals surface area contributed by atoms with Gasteiger partial charge in [-0.15, -0.1) is 0 Å². The summed E-state index contributed by atoms with van der Waals surface area (Å²) in [7, 11) is -4.27. The Hall–Kier alpha value is -2.47. The lowest BCUT2D eigenvalue weighted by atomic mass is 10.1. The molecule has 0 radical (unpaired) electrons. The van der Waals surface area contributed by atoms with E-state index in [1.54, 1.807) is 24.3 Å². The van der Waals surface area contributed by atoms with Crippen molar-refractivity contribution in [3.05, 3.63) is 54.6 Å². The third-order valence-electron chi connectivity index (χ3n) is 5.39. The van der Waals surface area contributed by atoms with E-state index in [1.807, 2.05) is 30.3 Å². The van der Waals surface area contributed by atoms with Crippen molar-refractivity contribution in [3.63, 3.8) is 0 Å². The number of carbonyl (C=O) groups is 2. The van der Waals surface area contributed by atoms with E-state index < -0.39 is 31.6 Å². The van der Waals surface area contributed by atoms with Crippen LogP contribution < -0.4 is 15.9 Å². The van der Waals surface area contributed by atoms with Gasteiger partial charge in [-0.1, -0.05) is 48.5 Å². The largest absolute Gasteiger partial charge is 0.467 e. The van der Waals surface area contributed by atoms with E-state index in [0.29, 0.717) is 31.5 Å². The van der Waals surface area contributed by atoms with Crippen molar-refractivity contribution in [3.8, 4) is 11.1 Å². The van der Waals surface area contributed by atoms with E-state index in [-0.39, 0.29) is 5.30 Å². The van der Waals surface area contributed by atoms with Crippen molar-refractivity contribution in [2.75, 3.05) is 13.1 Å². The minimum Gasteiger partial charge on any atom is -0.378 e. The summed E-state index contributed by atoms with van der Waals surface area (Å²) in [4.78, 5) is 25.4. The smallest absolute Gasteiger partial charge is 0.378 e. The Labute approximate surface area is 175 Å². The molecule has 2 atom stereocenters. The van der Waals surface area contributed by atoms with Crippen LogP contribution in [0.1, 0.15) is 25.7 Å². The summed E-state index contributed by atoms with van der Waals surface area (Å²) in [5, 5.41) is 6.28. The van der Waals surface area contributed by atoms with Gasteiger partial charge in [-0.3, -0.25) is 0 Å². The highest BCUT2D eigenvalue weighted by Crippen LogP contribution is 2.50. The predicted molar refractivity (Wildman–Crippen MR) is 113 cm³/mol. The van der Waals surface area contributed by atoms with E-state index in [4.69, 9.17) is 9.05 Å². The predicted octanol–water partition coefficient (Wildman–Crippen LogP) is 2.76. The maximum atomic E-state index is 14.0. The molecular weight excluding hydrogens is 403 g/mol. The molecule has 2 N–H and O–H groups in total. The van der Waals surface area contributed by atoms with E-state index in [1.165, 1.54) is 0 Å². The molecule has 8 heteroatoms. The van der Waals surface area contributed by atoms with Crippen molar-refractivity contribution in [2.45, 2.75) is 37.8 Å². The second-order valence-electron chi connectivity index (χ2n) is 7.50. The topological polar surface area (TPSA) is 93.7 Å². The molecule has 2 aliphatic rings. The normalized spacial score (nSPS) is 21.3. The van der Waals surface area contributed by atoms with Crippen molar-refractivity contribution in [2.24, 2.45) is 0 Å². The Kier molecular flexibility index (Phi) is 6.32. The zero-order valence-electron chi connectivity index (χ0n) is 16.6. The fourth-order valence-electron chi connectivity index (χ4n) is 3.83. The number of hydrogen-bond donors (Lipinski definition) is 2. The fourth-order valence-corrected chi connectivity index (χ4v) is 5.56. The van der Waals surface area contributed by atoms with Gasteiger partial charge in [-0.05, 0) is 56.0 Å². The maximum absolute atomic E-state index is 14.0. The Bertz CT molecular complexity index is 919. The number of carbonyl (C=O) groups excluding carboxylic acids is 2. The quantitative estimate of drug-likeness (QED) is 0.684. The van der Waals surface area contributed by atoms with Gasteiger partial charge in [-0.2, -0.15) is 0 Å². The highest BCUT2D eigenvalue weighted by molar-refractivity contribution is 7.63. The molecule has 2 aromatic carbocycles. The third kappa shape index (κ3) is 4.48. The summed E-state index contributed by atoms with van der Waals surface area (Å²) >= 11 is 0. The van der Waals surface area contributed by atoms with Crippen LogP contribution in [0.15, 0.2) is 54.6 Å². The standard InChI is InChI=1S/C22H25N2O5P/c25-21(18-11-6-14-23-18)28-30(27,29-22(26)19-12-7-15-24-19)20-13-5-4-10-17(20)16-8-2-1-3-9-16/h1-5,8-10,13,18-19,23-24H,6-7,11-12,14-15H2/t18-,19-/m0/s1. The molecule has 4 rings (SSSR count). The molecule has 0 spiro atoms. The van der Waals surface area contributed by atoms with Gasteiger partial charge < -0.3 is 19.7 Å². The first kappa shape index (κ1) is 20.8. The van der Waals surface area contributed by atoms with Crippen LogP contribution in [0, 0.1) is 0 Å². The lowest BCUT2D eigenvalue weighted by molar-refractivity contribution is -0.140. The molecule has 158 valence electrons. The van der Waals surface area contributed by atoms with Gasteiger partial charge in [-0.25, -0.2) is 14.2 Å². The van der Waals surface area contributed by atoms with Crippen LogP contribution in [0.3, 0.4) is 0 Å². The molecule has 2 saturated heterocycles. The summed E-state index contributed by atoms with van der Waals surface area (Å²) < 4.78 is 25.0. The Morgan fingerprint density at radius 1 is 0.800 bits per heavy atom. The van der Waals surface area contributed by atoms with Crippen LogP contribution in [0.4, 0.5) is 0 Å². The fraction of sp³-hybridized carbons (Fsp3) is 0.364. The Morgan fingerprint density at radius 2 is 1.33 bits per heavy atom. The van der Waals surface area contributed by atoms with Crippen molar-refractivity contribution in [1.82, 2.24) is 10.6 Å². The molecule has 2 aliphatic heterocycles. The van der Waals surface area contributed by atoms with E-state index in [9.17, 15) is 14.2 Å². The number of hydrogen-bond acceptors (Lipinski definition) is 7. The molecule has 7 nitrogen and oxygen atoms in total. The average Bonchev–Trinajstić information content (AvgIpc) is 3.48. The van der Waals surface area contributed by atoms with Crippen molar-refractivity contribution in [1.29, 1.82) is 0 Å². The maximum Gasteiger partial charge on any atom is 0.467 e. The van der Waals surface area contributed by atoms with Gasteiger partial charge in [0.15, 0.2) is 0 Å². The zero-order valence-corrected chi connectivity index (χ0v) is 17.5. The minimum absolute atomic E-state index is 0.203. The van der Waals surface area contributed by atoms with E-state index in [0.717, 1.165) is 18.4 Å². The number of rotatable bonds is 6. The number of benzene rings is 2. The zero-order chi connectivity index (χ0) is 21.0. The molecule has 30 heavy (non-hydrogen) atoms. The highest BCUT2D eigenvalue weighted by Gasteiger charge is 2.41. The Morgan fingerprint density at radius 3 is 1.87 bits per heavy atom. The lowest BCUT2D eigenvalue weighted by Gasteiger charge is -2.23. The lowest BCUT2D eigenvalue weighted by Crippen LogP contribution is -2.35. The molecule has 0 amide bonds. The average molecular weight is 428 g/mol. The van der Waals surface area contributed by atoms with Gasteiger partial charge in [0.25, 0.3) is 0 Å². The second-order valence-corrected chi connectivity index (χ2v) is 9.34. The van der Waals surface area contributed by atoms with Crippen LogP contribution in [0.2, 0.25) is 0 Å². The monoisotopic (exact) mass is 428 g/mol. The van der Waals surface area contributed by atoms with Gasteiger partial charge in [0.05, 0.1) is 5.30 Å². The van der Waals surface area contributed by atoms with Crippen LogP contribution in [0.25, 0.3) is 11.1 Å². The van der Waals surface area contributed by atoms with Crippen LogP contribution in [-0.4, -0.2) is 37.1 Å². The SMILES string of the molecule is O=C(OP(=O)(OC(=O)[C@@H]1CCCN1)c1ccccc1-c1ccccc1)[C@@H]1CCCN1. The van der Waals surface area contributed by atoms with Crippen LogP contribution >= 0.6 is 7.60 Å². The minimum atomic E-state index is -4.27. The molecule has 0 aromatic heterocycles. The molecule has 0 bridgehead atoms. The van der Waals surface area contributed by atoms with Crippen molar-refractivity contribution < 1.29 is 23.2 Å². The summed E-state index contributed by atoms with van der Waals surface area (Å²) in [5.74, 6) is -1.32. The first-order valence-corrected chi connectivity index (χ1v) is 11.8. The van der Waals surface area contributed by atoms with Gasteiger partial charge in [0.1, 0.15) is 12.1 Å². The molecule has 0 saturated carbocycles. The molecule has 0 aliphatic carbocycles. The summed E-state index contributed by atoms with van der Waals surface area (Å²) in [6, 6.07) is 15.1. The summed E-state index contributed by atoms with van der Waals surface area (Å²) in [5.41, 5.74) is 1.39. The third-order valence-corrected chi connectivity index (χ3v) is 7.21. The van der Waals surface area contributed by atoms with Gasteiger partial charge in [0, 0.05) is 0 Å². The van der Waals surface area contributed by atoms with Crippen LogP contribution in [0.5, 0.6) is 0 Å². The number of nitrogens with one attached hydrogen (secondary N) is 2. The Balaban J connectivity index is 1.70. The first-order valence-electron chi connectivity index (χ1n) is 10.3. The molecule has 0 unspecified atom stereocenters. The molecular formula is C22H25N2O5P. The summed E-state index contributed by atoms with van der Waals surface area (Å²) in [6.45, 7) is 1.38. The first-order chi connectivity index (χ1) is 14.6. The van der Waals surface area contributed by atoms with E-state index >= 15 is 0 Å².